The Hall–Kier alpha value is -2.06. The van der Waals surface area contributed by atoms with Crippen LogP contribution in [0.5, 0.6) is 5.75 Å². The lowest BCUT2D eigenvalue weighted by atomic mass is 10.1. The number of rotatable bonds is 2. The summed E-state index contributed by atoms with van der Waals surface area (Å²) >= 11 is 5.52. The number of carbonyl (C=O) groups excluding carboxylic acids is 1. The summed E-state index contributed by atoms with van der Waals surface area (Å²) in [5, 5.41) is 7.06. The minimum absolute atomic E-state index is 0.1000. The average Bonchev–Trinajstić information content (AvgIpc) is 3.00. The van der Waals surface area contributed by atoms with Crippen molar-refractivity contribution < 1.29 is 14.3 Å². The van der Waals surface area contributed by atoms with E-state index in [-0.39, 0.29) is 18.2 Å². The zero-order valence-electron chi connectivity index (χ0n) is 16.8. The molecule has 2 heterocycles. The Labute approximate surface area is 171 Å². The molecule has 0 bridgehead atoms. The first-order valence-corrected chi connectivity index (χ1v) is 10.2. The van der Waals surface area contributed by atoms with Gasteiger partial charge in [0.15, 0.2) is 5.11 Å². The first-order valence-electron chi connectivity index (χ1n) is 9.78. The lowest BCUT2D eigenvalue weighted by Gasteiger charge is -2.30. The molecule has 3 rings (SSSR count). The monoisotopic (exact) mass is 406 g/mol. The van der Waals surface area contributed by atoms with Gasteiger partial charge < -0.3 is 30.7 Å². The Morgan fingerprint density at radius 2 is 2.18 bits per heavy atom. The number of nitrogens with zero attached hydrogens (tertiary/aromatic N) is 1. The number of hydrogen-bond donors (Lipinski definition) is 3. The van der Waals surface area contributed by atoms with Gasteiger partial charge in [0.05, 0.1) is 12.6 Å². The van der Waals surface area contributed by atoms with Gasteiger partial charge in [0, 0.05) is 36.8 Å². The van der Waals surface area contributed by atoms with E-state index in [1.807, 2.05) is 39.0 Å². The van der Waals surface area contributed by atoms with E-state index in [9.17, 15) is 4.79 Å². The van der Waals surface area contributed by atoms with E-state index in [0.717, 1.165) is 36.3 Å². The number of amides is 1. The van der Waals surface area contributed by atoms with Crippen molar-refractivity contribution in [1.29, 1.82) is 0 Å². The number of carbonyl (C=O) groups is 1. The maximum Gasteiger partial charge on any atom is 0.410 e. The van der Waals surface area contributed by atoms with Crippen LogP contribution in [0, 0.1) is 0 Å². The van der Waals surface area contributed by atoms with Crippen molar-refractivity contribution in [1.82, 2.24) is 10.2 Å². The fourth-order valence-electron chi connectivity index (χ4n) is 3.49. The molecule has 0 unspecified atom stereocenters. The molecule has 1 fully saturated rings. The van der Waals surface area contributed by atoms with Gasteiger partial charge in [-0.3, -0.25) is 0 Å². The van der Waals surface area contributed by atoms with Gasteiger partial charge in [-0.15, -0.1) is 0 Å². The molecule has 0 radical (unpaired) electrons. The highest BCUT2D eigenvalue weighted by Crippen LogP contribution is 2.31. The smallest absolute Gasteiger partial charge is 0.410 e. The topological polar surface area (TPSA) is 88.9 Å². The molecule has 1 aromatic carbocycles. The normalized spacial score (nSPS) is 21.9. The molecule has 7 nitrogen and oxygen atoms in total. The Kier molecular flexibility index (Phi) is 6.30. The fraction of sp³-hybridized carbons (Fsp3) is 0.600. The number of hydrogen-bond acceptors (Lipinski definition) is 5. The van der Waals surface area contributed by atoms with E-state index in [0.29, 0.717) is 24.8 Å². The van der Waals surface area contributed by atoms with Crippen LogP contribution < -0.4 is 21.1 Å². The number of benzene rings is 1. The molecule has 8 heteroatoms. The highest BCUT2D eigenvalue weighted by Gasteiger charge is 2.30. The molecule has 0 spiro atoms. The van der Waals surface area contributed by atoms with Crippen LogP contribution in [0.25, 0.3) is 0 Å². The molecular weight excluding hydrogens is 376 g/mol. The summed E-state index contributed by atoms with van der Waals surface area (Å²) in [4.78, 5) is 14.2. The van der Waals surface area contributed by atoms with E-state index in [1.54, 1.807) is 4.90 Å². The first kappa shape index (κ1) is 20.7. The Balaban J connectivity index is 1.63. The standard InChI is InChI=1S/C20H30N4O3S/c1-20(2,3)27-19(25)24-10-5-6-14(21)16(12-24)23-18(28)22-15-7-4-8-17-13(15)9-11-26-17/h4,7-8,14,16H,5-6,9-12,21H2,1-3H3,(H2,22,23,28)/t14-,16+/m1/s1. The van der Waals surface area contributed by atoms with Crippen molar-refractivity contribution >= 4 is 29.1 Å². The number of thiocarbonyl (C=S) groups is 1. The zero-order valence-corrected chi connectivity index (χ0v) is 17.6. The van der Waals surface area contributed by atoms with Crippen molar-refractivity contribution in [2.75, 3.05) is 25.0 Å². The van der Waals surface area contributed by atoms with Crippen LogP contribution in [0.15, 0.2) is 18.2 Å². The summed E-state index contributed by atoms with van der Waals surface area (Å²) in [7, 11) is 0. The van der Waals surface area contributed by atoms with Gasteiger partial charge in [-0.1, -0.05) is 6.07 Å². The molecule has 0 aromatic heterocycles. The maximum absolute atomic E-state index is 12.5. The summed E-state index contributed by atoms with van der Waals surface area (Å²) in [5.41, 5.74) is 7.90. The third-order valence-corrected chi connectivity index (χ3v) is 5.08. The van der Waals surface area contributed by atoms with E-state index >= 15 is 0 Å². The summed E-state index contributed by atoms with van der Waals surface area (Å²) in [6, 6.07) is 5.64. The highest BCUT2D eigenvalue weighted by atomic mass is 32.1. The Morgan fingerprint density at radius 3 is 2.93 bits per heavy atom. The number of ether oxygens (including phenoxy) is 2. The predicted molar refractivity (Wildman–Crippen MR) is 114 cm³/mol. The minimum atomic E-state index is -0.527. The van der Waals surface area contributed by atoms with Crippen molar-refractivity contribution in [3.63, 3.8) is 0 Å². The van der Waals surface area contributed by atoms with Crippen LogP contribution in [0.2, 0.25) is 0 Å². The van der Waals surface area contributed by atoms with Crippen LogP contribution >= 0.6 is 12.2 Å². The van der Waals surface area contributed by atoms with Gasteiger partial charge in [0.1, 0.15) is 11.4 Å². The van der Waals surface area contributed by atoms with Crippen molar-refractivity contribution in [2.45, 2.75) is 57.7 Å². The number of anilines is 1. The largest absolute Gasteiger partial charge is 0.493 e. The molecular formula is C20H30N4O3S. The van der Waals surface area contributed by atoms with Crippen molar-refractivity contribution in [3.8, 4) is 5.75 Å². The summed E-state index contributed by atoms with van der Waals surface area (Å²) in [6.07, 6.45) is 2.19. The quantitative estimate of drug-likeness (QED) is 0.651. The molecule has 2 aliphatic heterocycles. The van der Waals surface area contributed by atoms with E-state index < -0.39 is 5.60 Å². The number of likely N-dealkylation sites (tertiary alicyclic amines) is 1. The second kappa shape index (κ2) is 8.53. The molecule has 2 atom stereocenters. The highest BCUT2D eigenvalue weighted by molar-refractivity contribution is 7.80. The van der Waals surface area contributed by atoms with Gasteiger partial charge in [-0.25, -0.2) is 4.79 Å². The van der Waals surface area contributed by atoms with Crippen molar-refractivity contribution in [3.05, 3.63) is 23.8 Å². The molecule has 4 N–H and O–H groups in total. The molecule has 2 aliphatic rings. The van der Waals surface area contributed by atoms with Crippen LogP contribution in [0.3, 0.4) is 0 Å². The summed E-state index contributed by atoms with van der Waals surface area (Å²) < 4.78 is 11.1. The SMILES string of the molecule is CC(C)(C)OC(=O)N1CCC[C@@H](N)[C@@H](NC(=S)Nc2cccc3c2CCO3)C1. The third kappa shape index (κ3) is 5.26. The van der Waals surface area contributed by atoms with Crippen LogP contribution in [0.4, 0.5) is 10.5 Å². The molecule has 0 aliphatic carbocycles. The van der Waals surface area contributed by atoms with E-state index in [4.69, 9.17) is 27.4 Å². The molecule has 1 amide bonds. The maximum atomic E-state index is 12.5. The fourth-order valence-corrected chi connectivity index (χ4v) is 3.76. The van der Waals surface area contributed by atoms with Gasteiger partial charge >= 0.3 is 6.09 Å². The molecule has 154 valence electrons. The van der Waals surface area contributed by atoms with Crippen LogP contribution in [-0.4, -0.2) is 53.5 Å². The van der Waals surface area contributed by atoms with Gasteiger partial charge in [0.2, 0.25) is 0 Å². The predicted octanol–water partition coefficient (Wildman–Crippen LogP) is 2.63. The molecule has 28 heavy (non-hydrogen) atoms. The lowest BCUT2D eigenvalue weighted by Crippen LogP contribution is -2.54. The Morgan fingerprint density at radius 1 is 1.39 bits per heavy atom. The molecule has 0 saturated carbocycles. The third-order valence-electron chi connectivity index (χ3n) is 4.86. The van der Waals surface area contributed by atoms with Crippen molar-refractivity contribution in [2.24, 2.45) is 5.73 Å². The number of fused-ring (bicyclic) bond motifs is 1. The second-order valence-corrected chi connectivity index (χ2v) is 8.73. The number of nitrogens with two attached hydrogens (primary N) is 1. The van der Waals surface area contributed by atoms with Gasteiger partial charge in [-0.2, -0.15) is 0 Å². The second-order valence-electron chi connectivity index (χ2n) is 8.32. The molecule has 1 aromatic rings. The minimum Gasteiger partial charge on any atom is -0.493 e. The summed E-state index contributed by atoms with van der Waals surface area (Å²) in [5.74, 6) is 0.898. The van der Waals surface area contributed by atoms with Crippen LogP contribution in [0.1, 0.15) is 39.2 Å². The lowest BCUT2D eigenvalue weighted by molar-refractivity contribution is 0.0246. The van der Waals surface area contributed by atoms with Gasteiger partial charge in [0.25, 0.3) is 0 Å². The van der Waals surface area contributed by atoms with E-state index in [1.165, 1.54) is 0 Å². The summed E-state index contributed by atoms with van der Waals surface area (Å²) in [6.45, 7) is 7.37. The average molecular weight is 407 g/mol. The van der Waals surface area contributed by atoms with Crippen LogP contribution in [-0.2, 0) is 11.2 Å². The molecule has 1 saturated heterocycles. The van der Waals surface area contributed by atoms with E-state index in [2.05, 4.69) is 10.6 Å². The Bertz CT molecular complexity index is 735. The zero-order chi connectivity index (χ0) is 20.3. The van der Waals surface area contributed by atoms with Gasteiger partial charge in [-0.05, 0) is 58.0 Å². The first-order chi connectivity index (χ1) is 13.2. The number of nitrogens with one attached hydrogen (secondary N) is 2.